The molecule has 0 atom stereocenters. The maximum absolute atomic E-state index is 5.82. The fourth-order valence-electron chi connectivity index (χ4n) is 2.17. The Hall–Kier alpha value is -2.13. The third kappa shape index (κ3) is 1.38. The fraction of sp³-hybridized carbons (Fsp3) is 0. The normalized spacial score (nSPS) is 11.3. The predicted octanol–water partition coefficient (Wildman–Crippen LogP) is 4.71. The van der Waals surface area contributed by atoms with Gasteiger partial charge in [-0.1, -0.05) is 36.4 Å². The summed E-state index contributed by atoms with van der Waals surface area (Å²) in [6, 6.07) is 16.3. The molecule has 0 amide bonds. The van der Waals surface area contributed by atoms with Crippen LogP contribution in [-0.4, -0.2) is 4.98 Å². The average molecular weight is 251 g/mol. The zero-order chi connectivity index (χ0) is 11.9. The Morgan fingerprint density at radius 3 is 2.78 bits per heavy atom. The van der Waals surface area contributed by atoms with Gasteiger partial charge >= 0.3 is 0 Å². The standard InChI is InChI=1S/C15H9NOS/c1-2-5-11-10(4-1)7-8-12-14(11)16-15(17-12)13-6-3-9-18-13/h1-9H. The number of rotatable bonds is 1. The summed E-state index contributed by atoms with van der Waals surface area (Å²) in [5, 5.41) is 4.36. The van der Waals surface area contributed by atoms with Gasteiger partial charge in [0.25, 0.3) is 0 Å². The molecule has 0 bridgehead atoms. The van der Waals surface area contributed by atoms with Gasteiger partial charge in [-0.15, -0.1) is 11.3 Å². The summed E-state index contributed by atoms with van der Waals surface area (Å²) in [5.74, 6) is 0.705. The van der Waals surface area contributed by atoms with E-state index in [2.05, 4.69) is 23.2 Å². The van der Waals surface area contributed by atoms with Crippen molar-refractivity contribution in [1.82, 2.24) is 4.98 Å². The van der Waals surface area contributed by atoms with Crippen LogP contribution in [0.5, 0.6) is 0 Å². The van der Waals surface area contributed by atoms with E-state index in [9.17, 15) is 0 Å². The first-order valence-electron chi connectivity index (χ1n) is 5.74. The number of nitrogens with zero attached hydrogens (tertiary/aromatic N) is 1. The van der Waals surface area contributed by atoms with E-state index in [4.69, 9.17) is 4.42 Å². The molecule has 18 heavy (non-hydrogen) atoms. The van der Waals surface area contributed by atoms with Gasteiger partial charge in [0.2, 0.25) is 5.89 Å². The molecular weight excluding hydrogens is 242 g/mol. The van der Waals surface area contributed by atoms with E-state index >= 15 is 0 Å². The monoisotopic (exact) mass is 251 g/mol. The maximum Gasteiger partial charge on any atom is 0.237 e. The molecule has 0 saturated heterocycles. The summed E-state index contributed by atoms with van der Waals surface area (Å²) < 4.78 is 5.82. The van der Waals surface area contributed by atoms with Crippen molar-refractivity contribution in [2.45, 2.75) is 0 Å². The predicted molar refractivity (Wildman–Crippen MR) is 74.8 cm³/mol. The highest BCUT2D eigenvalue weighted by molar-refractivity contribution is 7.13. The van der Waals surface area contributed by atoms with Gasteiger partial charge < -0.3 is 4.42 Å². The number of hydrogen-bond donors (Lipinski definition) is 0. The third-order valence-electron chi connectivity index (χ3n) is 3.02. The van der Waals surface area contributed by atoms with Gasteiger partial charge in [0.05, 0.1) is 4.88 Å². The summed E-state index contributed by atoms with van der Waals surface area (Å²) in [6.45, 7) is 0. The zero-order valence-electron chi connectivity index (χ0n) is 9.46. The van der Waals surface area contributed by atoms with Crippen LogP contribution < -0.4 is 0 Å². The van der Waals surface area contributed by atoms with Gasteiger partial charge in [-0.2, -0.15) is 0 Å². The van der Waals surface area contributed by atoms with E-state index in [0.717, 1.165) is 21.4 Å². The lowest BCUT2D eigenvalue weighted by Crippen LogP contribution is -1.74. The minimum Gasteiger partial charge on any atom is -0.435 e. The Bertz CT molecular complexity index is 830. The lowest BCUT2D eigenvalue weighted by atomic mass is 10.1. The van der Waals surface area contributed by atoms with Crippen LogP contribution in [-0.2, 0) is 0 Å². The van der Waals surface area contributed by atoms with E-state index in [0.29, 0.717) is 5.89 Å². The SMILES string of the molecule is c1csc(-c2nc3c(ccc4ccccc43)o2)c1. The van der Waals surface area contributed by atoms with Gasteiger partial charge in [-0.3, -0.25) is 0 Å². The molecule has 0 fully saturated rings. The molecule has 0 spiro atoms. The van der Waals surface area contributed by atoms with Crippen LogP contribution >= 0.6 is 11.3 Å². The first-order valence-corrected chi connectivity index (χ1v) is 6.62. The van der Waals surface area contributed by atoms with Crippen molar-refractivity contribution in [3.63, 3.8) is 0 Å². The van der Waals surface area contributed by atoms with Gasteiger partial charge in [0.15, 0.2) is 5.58 Å². The van der Waals surface area contributed by atoms with Crippen molar-refractivity contribution in [3.05, 3.63) is 53.9 Å². The first-order chi connectivity index (χ1) is 8.92. The molecule has 0 saturated carbocycles. The van der Waals surface area contributed by atoms with Crippen molar-refractivity contribution in [1.29, 1.82) is 0 Å². The number of hydrogen-bond acceptors (Lipinski definition) is 3. The Morgan fingerprint density at radius 1 is 0.944 bits per heavy atom. The van der Waals surface area contributed by atoms with Crippen molar-refractivity contribution >= 4 is 33.2 Å². The largest absolute Gasteiger partial charge is 0.435 e. The molecule has 0 N–H and O–H groups in total. The summed E-state index contributed by atoms with van der Waals surface area (Å²) in [4.78, 5) is 5.69. The number of aromatic nitrogens is 1. The molecule has 0 aliphatic rings. The molecule has 2 heterocycles. The van der Waals surface area contributed by atoms with E-state index in [1.807, 2.05) is 35.7 Å². The zero-order valence-corrected chi connectivity index (χ0v) is 10.3. The smallest absolute Gasteiger partial charge is 0.237 e. The summed E-state index contributed by atoms with van der Waals surface area (Å²) >= 11 is 1.64. The van der Waals surface area contributed by atoms with Crippen molar-refractivity contribution in [2.24, 2.45) is 0 Å². The molecule has 86 valence electrons. The van der Waals surface area contributed by atoms with E-state index in [1.54, 1.807) is 11.3 Å². The quantitative estimate of drug-likeness (QED) is 0.489. The van der Waals surface area contributed by atoms with Crippen LogP contribution in [0.3, 0.4) is 0 Å². The van der Waals surface area contributed by atoms with Crippen LogP contribution in [0.15, 0.2) is 58.3 Å². The third-order valence-corrected chi connectivity index (χ3v) is 3.87. The Kier molecular flexibility index (Phi) is 2.02. The van der Waals surface area contributed by atoms with Gasteiger partial charge in [-0.05, 0) is 22.9 Å². The number of benzene rings is 2. The lowest BCUT2D eigenvalue weighted by molar-refractivity contribution is 0.622. The molecule has 0 unspecified atom stereocenters. The van der Waals surface area contributed by atoms with E-state index in [1.165, 1.54) is 5.39 Å². The second-order valence-corrected chi connectivity index (χ2v) is 5.08. The Balaban J connectivity index is 2.08. The summed E-state index contributed by atoms with van der Waals surface area (Å²) in [5.41, 5.74) is 1.79. The number of oxazole rings is 1. The van der Waals surface area contributed by atoms with Crippen molar-refractivity contribution in [2.75, 3.05) is 0 Å². The van der Waals surface area contributed by atoms with Crippen LogP contribution in [0.25, 0.3) is 32.6 Å². The van der Waals surface area contributed by atoms with Gasteiger partial charge in [0.1, 0.15) is 5.52 Å². The summed E-state index contributed by atoms with van der Waals surface area (Å²) in [6.07, 6.45) is 0. The molecule has 4 aromatic rings. The molecule has 2 nitrogen and oxygen atoms in total. The topological polar surface area (TPSA) is 26.0 Å². The first kappa shape index (κ1) is 9.85. The van der Waals surface area contributed by atoms with Gasteiger partial charge in [0, 0.05) is 5.39 Å². The molecule has 2 aromatic heterocycles. The van der Waals surface area contributed by atoms with E-state index in [-0.39, 0.29) is 0 Å². The van der Waals surface area contributed by atoms with Crippen LogP contribution in [0.2, 0.25) is 0 Å². The molecule has 0 radical (unpaired) electrons. The molecule has 0 aliphatic carbocycles. The maximum atomic E-state index is 5.82. The minimum absolute atomic E-state index is 0.705. The van der Waals surface area contributed by atoms with Crippen molar-refractivity contribution in [3.8, 4) is 10.8 Å². The number of fused-ring (bicyclic) bond motifs is 3. The molecule has 3 heteroatoms. The summed E-state index contributed by atoms with van der Waals surface area (Å²) in [7, 11) is 0. The van der Waals surface area contributed by atoms with Crippen molar-refractivity contribution < 1.29 is 4.42 Å². The van der Waals surface area contributed by atoms with Crippen LogP contribution in [0.1, 0.15) is 0 Å². The van der Waals surface area contributed by atoms with Crippen LogP contribution in [0.4, 0.5) is 0 Å². The molecule has 2 aromatic carbocycles. The minimum atomic E-state index is 0.705. The molecule has 4 rings (SSSR count). The lowest BCUT2D eigenvalue weighted by Gasteiger charge is -1.95. The Labute approximate surface area is 108 Å². The van der Waals surface area contributed by atoms with Gasteiger partial charge in [-0.25, -0.2) is 4.98 Å². The fourth-order valence-corrected chi connectivity index (χ4v) is 2.82. The molecular formula is C15H9NOS. The highest BCUT2D eigenvalue weighted by Gasteiger charge is 2.10. The van der Waals surface area contributed by atoms with Crippen LogP contribution in [0, 0.1) is 0 Å². The second-order valence-electron chi connectivity index (χ2n) is 4.13. The molecule has 0 aliphatic heterocycles. The number of thiophene rings is 1. The van der Waals surface area contributed by atoms with E-state index < -0.39 is 0 Å². The average Bonchev–Trinajstić information content (AvgIpc) is 3.07. The Morgan fingerprint density at radius 2 is 1.89 bits per heavy atom. The second kappa shape index (κ2) is 3.68. The highest BCUT2D eigenvalue weighted by atomic mass is 32.1. The highest BCUT2D eigenvalue weighted by Crippen LogP contribution is 2.31.